The fourth-order valence-corrected chi connectivity index (χ4v) is 3.02. The summed E-state index contributed by atoms with van der Waals surface area (Å²) in [5, 5.41) is 6.53. The number of alkyl halides is 2. The molecule has 0 aliphatic heterocycles. The van der Waals surface area contributed by atoms with Gasteiger partial charge in [-0.1, -0.05) is 18.7 Å². The molecule has 0 unspecified atom stereocenters. The molecule has 2 heterocycles. The Labute approximate surface area is 131 Å². The highest BCUT2D eigenvalue weighted by Crippen LogP contribution is 2.21. The molecule has 1 N–H and O–H groups in total. The number of halogens is 2. The minimum absolute atomic E-state index is 0.205. The number of nitrogens with one attached hydrogen (secondary N) is 1. The Bertz CT molecular complexity index is 543. The summed E-state index contributed by atoms with van der Waals surface area (Å²) < 4.78 is 29.6. The van der Waals surface area contributed by atoms with Gasteiger partial charge in [0.05, 0.1) is 23.0 Å². The van der Waals surface area contributed by atoms with Crippen LogP contribution in [0.3, 0.4) is 0 Å². The zero-order valence-corrected chi connectivity index (χ0v) is 13.4. The van der Waals surface area contributed by atoms with E-state index in [0.29, 0.717) is 24.1 Å². The number of aromatic nitrogens is 1. The molecule has 0 amide bonds. The highest BCUT2D eigenvalue weighted by Gasteiger charge is 2.07. The van der Waals surface area contributed by atoms with Crippen LogP contribution in [0, 0.1) is 0 Å². The van der Waals surface area contributed by atoms with Crippen LogP contribution >= 0.6 is 23.1 Å². The van der Waals surface area contributed by atoms with Gasteiger partial charge in [-0.25, -0.2) is 4.98 Å². The van der Waals surface area contributed by atoms with Crippen LogP contribution < -0.4 is 5.32 Å². The van der Waals surface area contributed by atoms with Crippen LogP contribution in [-0.2, 0) is 25.1 Å². The van der Waals surface area contributed by atoms with Crippen LogP contribution in [0.1, 0.15) is 29.1 Å². The molecule has 7 heteroatoms. The SMILES string of the molecule is CCc1nc(CCNCc2ccc(CSC(F)F)o2)cs1. The second kappa shape index (κ2) is 8.51. The number of aryl methyl sites for hydroxylation is 1. The van der Waals surface area contributed by atoms with Crippen molar-refractivity contribution >= 4 is 23.1 Å². The Morgan fingerprint density at radius 2 is 2.19 bits per heavy atom. The molecule has 0 aromatic carbocycles. The maximum absolute atomic E-state index is 12.1. The molecule has 0 aliphatic carbocycles. The standard InChI is InChI=1S/C14H18F2N2OS2/c1-2-13-18-10(8-20-13)5-6-17-7-11-3-4-12(19-11)9-21-14(15)16/h3-4,8,14,17H,2,5-7,9H2,1H3. The number of hydrogen-bond acceptors (Lipinski definition) is 5. The van der Waals surface area contributed by atoms with Crippen LogP contribution in [0.15, 0.2) is 21.9 Å². The van der Waals surface area contributed by atoms with Gasteiger partial charge in [0.1, 0.15) is 11.5 Å². The predicted molar refractivity (Wildman–Crippen MR) is 82.9 cm³/mol. The van der Waals surface area contributed by atoms with E-state index >= 15 is 0 Å². The van der Waals surface area contributed by atoms with Crippen molar-refractivity contribution in [2.24, 2.45) is 0 Å². The molecular formula is C14H18F2N2OS2. The van der Waals surface area contributed by atoms with Crippen molar-refractivity contribution in [3.8, 4) is 0 Å². The zero-order valence-electron chi connectivity index (χ0n) is 11.8. The number of thioether (sulfide) groups is 1. The molecule has 2 aromatic rings. The van der Waals surface area contributed by atoms with Crippen LogP contribution in [-0.4, -0.2) is 17.3 Å². The third-order valence-corrected chi connectivity index (χ3v) is 4.57. The lowest BCUT2D eigenvalue weighted by molar-refractivity contribution is 0.251. The van der Waals surface area contributed by atoms with Gasteiger partial charge in [0.2, 0.25) is 0 Å². The lowest BCUT2D eigenvalue weighted by atomic mass is 10.3. The second-order valence-electron chi connectivity index (χ2n) is 4.45. The summed E-state index contributed by atoms with van der Waals surface area (Å²) in [6.45, 7) is 3.51. The van der Waals surface area contributed by atoms with Crippen molar-refractivity contribution < 1.29 is 13.2 Å². The van der Waals surface area contributed by atoms with Crippen molar-refractivity contribution in [1.82, 2.24) is 10.3 Å². The van der Waals surface area contributed by atoms with Crippen LogP contribution in [0.4, 0.5) is 8.78 Å². The van der Waals surface area contributed by atoms with E-state index in [1.165, 1.54) is 0 Å². The molecule has 0 atom stereocenters. The summed E-state index contributed by atoms with van der Waals surface area (Å²) in [5.74, 6) is -0.796. The van der Waals surface area contributed by atoms with Crippen molar-refractivity contribution in [3.05, 3.63) is 39.7 Å². The first kappa shape index (κ1) is 16.5. The Kier molecular flexibility index (Phi) is 6.66. The molecule has 116 valence electrons. The third kappa shape index (κ3) is 5.76. The number of hydrogen-bond donors (Lipinski definition) is 1. The van der Waals surface area contributed by atoms with Gasteiger partial charge >= 0.3 is 0 Å². The van der Waals surface area contributed by atoms with Gasteiger partial charge in [0, 0.05) is 18.3 Å². The Morgan fingerprint density at radius 1 is 1.38 bits per heavy atom. The number of nitrogens with zero attached hydrogens (tertiary/aromatic N) is 1. The highest BCUT2D eigenvalue weighted by atomic mass is 32.2. The van der Waals surface area contributed by atoms with Gasteiger partial charge in [0.25, 0.3) is 5.76 Å². The van der Waals surface area contributed by atoms with E-state index in [4.69, 9.17) is 4.42 Å². The van der Waals surface area contributed by atoms with Crippen LogP contribution in [0.25, 0.3) is 0 Å². The van der Waals surface area contributed by atoms with E-state index in [1.54, 1.807) is 17.4 Å². The molecule has 0 fully saturated rings. The largest absolute Gasteiger partial charge is 0.464 e. The minimum atomic E-state index is -2.36. The summed E-state index contributed by atoms with van der Waals surface area (Å²) in [4.78, 5) is 4.50. The quantitative estimate of drug-likeness (QED) is 0.702. The van der Waals surface area contributed by atoms with Gasteiger partial charge in [-0.05, 0) is 18.6 Å². The first-order valence-electron chi connectivity index (χ1n) is 6.78. The molecule has 0 bridgehead atoms. The molecule has 21 heavy (non-hydrogen) atoms. The monoisotopic (exact) mass is 332 g/mol. The second-order valence-corrected chi connectivity index (χ2v) is 6.37. The molecule has 3 nitrogen and oxygen atoms in total. The van der Waals surface area contributed by atoms with Crippen LogP contribution in [0.5, 0.6) is 0 Å². The molecule has 2 rings (SSSR count). The maximum atomic E-state index is 12.1. The summed E-state index contributed by atoms with van der Waals surface area (Å²) in [7, 11) is 0. The first-order valence-corrected chi connectivity index (χ1v) is 8.71. The van der Waals surface area contributed by atoms with E-state index in [2.05, 4.69) is 22.6 Å². The summed E-state index contributed by atoms with van der Waals surface area (Å²) in [6.07, 6.45) is 1.86. The lowest BCUT2D eigenvalue weighted by Gasteiger charge is -2.01. The molecule has 0 saturated heterocycles. The van der Waals surface area contributed by atoms with E-state index in [9.17, 15) is 8.78 Å². The molecule has 0 radical (unpaired) electrons. The smallest absolute Gasteiger partial charge is 0.284 e. The van der Waals surface area contributed by atoms with Gasteiger partial charge in [0.15, 0.2) is 0 Å². The average molecular weight is 332 g/mol. The van der Waals surface area contributed by atoms with Crippen molar-refractivity contribution in [2.75, 3.05) is 6.54 Å². The lowest BCUT2D eigenvalue weighted by Crippen LogP contribution is -2.16. The van der Waals surface area contributed by atoms with E-state index in [0.717, 1.165) is 35.8 Å². The van der Waals surface area contributed by atoms with Gasteiger partial charge < -0.3 is 9.73 Å². The number of rotatable bonds is 9. The first-order chi connectivity index (χ1) is 10.2. The fourth-order valence-electron chi connectivity index (χ4n) is 1.79. The van der Waals surface area contributed by atoms with Crippen molar-refractivity contribution in [1.29, 1.82) is 0 Å². The summed E-state index contributed by atoms with van der Waals surface area (Å²) in [6, 6.07) is 3.58. The van der Waals surface area contributed by atoms with Gasteiger partial charge in [-0.15, -0.1) is 11.3 Å². The molecule has 0 spiro atoms. The van der Waals surface area contributed by atoms with Gasteiger partial charge in [-0.3, -0.25) is 0 Å². The highest BCUT2D eigenvalue weighted by molar-refractivity contribution is 7.98. The number of furan rings is 1. The topological polar surface area (TPSA) is 38.1 Å². The van der Waals surface area contributed by atoms with Crippen LogP contribution in [0.2, 0.25) is 0 Å². The molecule has 0 aliphatic rings. The van der Waals surface area contributed by atoms with Gasteiger partial charge in [-0.2, -0.15) is 8.78 Å². The van der Waals surface area contributed by atoms with Crippen molar-refractivity contribution in [3.63, 3.8) is 0 Å². The predicted octanol–water partition coefficient (Wildman–Crippen LogP) is 4.09. The van der Waals surface area contributed by atoms with E-state index in [1.807, 2.05) is 6.07 Å². The minimum Gasteiger partial charge on any atom is -0.464 e. The average Bonchev–Trinajstić information content (AvgIpc) is 3.10. The summed E-state index contributed by atoms with van der Waals surface area (Å²) >= 11 is 2.27. The van der Waals surface area contributed by atoms with E-state index in [-0.39, 0.29) is 5.75 Å². The zero-order chi connectivity index (χ0) is 15.1. The Morgan fingerprint density at radius 3 is 2.90 bits per heavy atom. The molecule has 0 saturated carbocycles. The Hall–Kier alpha value is -0.920. The van der Waals surface area contributed by atoms with E-state index < -0.39 is 5.76 Å². The molecular weight excluding hydrogens is 314 g/mol. The normalized spacial score (nSPS) is 11.4. The summed E-state index contributed by atoms with van der Waals surface area (Å²) in [5.41, 5.74) is 1.11. The third-order valence-electron chi connectivity index (χ3n) is 2.83. The Balaban J connectivity index is 1.66. The fraction of sp³-hybridized carbons (Fsp3) is 0.500. The molecule has 2 aromatic heterocycles. The van der Waals surface area contributed by atoms with Crippen molar-refractivity contribution in [2.45, 2.75) is 37.8 Å². The maximum Gasteiger partial charge on any atom is 0.284 e. The number of thiazole rings is 1.